The first-order valence-corrected chi connectivity index (χ1v) is 5.75. The molecule has 2 N–H and O–H groups in total. The van der Waals surface area contributed by atoms with Crippen molar-refractivity contribution in [1.29, 1.82) is 0 Å². The Hall–Kier alpha value is -0.0800. The van der Waals surface area contributed by atoms with Crippen LogP contribution in [0.25, 0.3) is 0 Å². The number of hydrogen-bond acceptors (Lipinski definition) is 3. The van der Waals surface area contributed by atoms with E-state index in [1.165, 1.54) is 0 Å². The molecular formula is C11H26IN3O2. The van der Waals surface area contributed by atoms with E-state index in [1.54, 1.807) is 14.2 Å². The average molecular weight is 359 g/mol. The van der Waals surface area contributed by atoms with Gasteiger partial charge in [0.05, 0.1) is 12.7 Å². The van der Waals surface area contributed by atoms with Crippen LogP contribution in [0, 0.1) is 0 Å². The van der Waals surface area contributed by atoms with E-state index in [9.17, 15) is 0 Å². The maximum Gasteiger partial charge on any atom is 0.191 e. The highest BCUT2D eigenvalue weighted by molar-refractivity contribution is 14.0. The second kappa shape index (κ2) is 14.0. The lowest BCUT2D eigenvalue weighted by Crippen LogP contribution is -2.39. The molecule has 0 rings (SSSR count). The molecule has 0 spiro atoms. The van der Waals surface area contributed by atoms with E-state index in [0.717, 1.165) is 32.1 Å². The summed E-state index contributed by atoms with van der Waals surface area (Å²) >= 11 is 0. The SMILES string of the molecule is CN=C(NCCCOC(C)C)NCCOC.I. The normalized spacial score (nSPS) is 11.2. The number of rotatable bonds is 8. The first-order valence-electron chi connectivity index (χ1n) is 5.75. The minimum Gasteiger partial charge on any atom is -0.383 e. The van der Waals surface area contributed by atoms with Crippen LogP contribution < -0.4 is 10.6 Å². The fourth-order valence-corrected chi connectivity index (χ4v) is 1.09. The molecule has 0 aliphatic rings. The van der Waals surface area contributed by atoms with Gasteiger partial charge >= 0.3 is 0 Å². The Morgan fingerprint density at radius 1 is 1.18 bits per heavy atom. The summed E-state index contributed by atoms with van der Waals surface area (Å²) < 4.78 is 10.4. The molecule has 104 valence electrons. The summed E-state index contributed by atoms with van der Waals surface area (Å²) in [7, 11) is 3.44. The summed E-state index contributed by atoms with van der Waals surface area (Å²) in [6.07, 6.45) is 1.28. The third-order valence-electron chi connectivity index (χ3n) is 1.89. The summed E-state index contributed by atoms with van der Waals surface area (Å²) in [6, 6.07) is 0. The number of ether oxygens (including phenoxy) is 2. The number of hydrogen-bond donors (Lipinski definition) is 2. The maximum absolute atomic E-state index is 5.44. The van der Waals surface area contributed by atoms with Crippen molar-refractivity contribution in [3.63, 3.8) is 0 Å². The first-order chi connectivity index (χ1) is 7.70. The van der Waals surface area contributed by atoms with Crippen molar-refractivity contribution in [3.8, 4) is 0 Å². The van der Waals surface area contributed by atoms with Gasteiger partial charge in [0, 0.05) is 33.9 Å². The van der Waals surface area contributed by atoms with Gasteiger partial charge in [0.2, 0.25) is 0 Å². The third-order valence-corrected chi connectivity index (χ3v) is 1.89. The minimum absolute atomic E-state index is 0. The Morgan fingerprint density at radius 3 is 2.35 bits per heavy atom. The fourth-order valence-electron chi connectivity index (χ4n) is 1.09. The van der Waals surface area contributed by atoms with E-state index >= 15 is 0 Å². The van der Waals surface area contributed by atoms with Crippen LogP contribution in [0.1, 0.15) is 20.3 Å². The highest BCUT2D eigenvalue weighted by Crippen LogP contribution is 1.88. The molecule has 0 amide bonds. The van der Waals surface area contributed by atoms with Crippen molar-refractivity contribution in [2.75, 3.05) is 40.5 Å². The van der Waals surface area contributed by atoms with Gasteiger partial charge in [-0.25, -0.2) is 0 Å². The van der Waals surface area contributed by atoms with Crippen molar-refractivity contribution in [2.24, 2.45) is 4.99 Å². The predicted octanol–water partition coefficient (Wildman–Crippen LogP) is 1.23. The lowest BCUT2D eigenvalue weighted by atomic mass is 10.4. The summed E-state index contributed by atoms with van der Waals surface area (Å²) in [5, 5.41) is 6.35. The monoisotopic (exact) mass is 359 g/mol. The topological polar surface area (TPSA) is 54.9 Å². The maximum atomic E-state index is 5.44. The van der Waals surface area contributed by atoms with Crippen LogP contribution in [0.3, 0.4) is 0 Å². The quantitative estimate of drug-likeness (QED) is 0.296. The van der Waals surface area contributed by atoms with Crippen molar-refractivity contribution in [1.82, 2.24) is 10.6 Å². The van der Waals surface area contributed by atoms with E-state index in [2.05, 4.69) is 15.6 Å². The molecule has 0 aliphatic carbocycles. The molecule has 0 fully saturated rings. The number of guanidine groups is 1. The minimum atomic E-state index is 0. The largest absolute Gasteiger partial charge is 0.383 e. The van der Waals surface area contributed by atoms with Crippen LogP contribution in [0.5, 0.6) is 0 Å². The molecule has 5 nitrogen and oxygen atoms in total. The van der Waals surface area contributed by atoms with Gasteiger partial charge in [-0.1, -0.05) is 0 Å². The zero-order valence-corrected chi connectivity index (χ0v) is 13.6. The molecule has 0 aromatic rings. The van der Waals surface area contributed by atoms with Gasteiger partial charge in [-0.05, 0) is 20.3 Å². The Bertz CT molecular complexity index is 190. The third kappa shape index (κ3) is 13.9. The zero-order valence-electron chi connectivity index (χ0n) is 11.3. The van der Waals surface area contributed by atoms with Crippen molar-refractivity contribution < 1.29 is 9.47 Å². The van der Waals surface area contributed by atoms with E-state index in [-0.39, 0.29) is 24.0 Å². The Balaban J connectivity index is 0. The number of halogens is 1. The van der Waals surface area contributed by atoms with Crippen LogP contribution >= 0.6 is 24.0 Å². The number of nitrogens with zero attached hydrogens (tertiary/aromatic N) is 1. The summed E-state index contributed by atoms with van der Waals surface area (Å²) in [5.74, 6) is 0.807. The molecule has 0 bridgehead atoms. The molecule has 0 radical (unpaired) electrons. The molecule has 0 aliphatic heterocycles. The highest BCUT2D eigenvalue weighted by Gasteiger charge is 1.96. The molecule has 0 saturated heterocycles. The van der Waals surface area contributed by atoms with Crippen LogP contribution in [-0.4, -0.2) is 52.5 Å². The van der Waals surface area contributed by atoms with E-state index < -0.39 is 0 Å². The van der Waals surface area contributed by atoms with Crippen LogP contribution in [-0.2, 0) is 9.47 Å². The molecule has 0 atom stereocenters. The standard InChI is InChI=1S/C11H25N3O2.HI/c1-10(2)16-8-5-6-13-11(12-3)14-7-9-15-4;/h10H,5-9H2,1-4H3,(H2,12,13,14);1H. The Morgan fingerprint density at radius 2 is 1.82 bits per heavy atom. The second-order valence-corrected chi connectivity index (χ2v) is 3.69. The number of methoxy groups -OCH3 is 1. The van der Waals surface area contributed by atoms with Crippen LogP contribution in [0.2, 0.25) is 0 Å². The van der Waals surface area contributed by atoms with Crippen molar-refractivity contribution >= 4 is 29.9 Å². The molecular weight excluding hydrogens is 333 g/mol. The van der Waals surface area contributed by atoms with Crippen LogP contribution in [0.15, 0.2) is 4.99 Å². The van der Waals surface area contributed by atoms with Gasteiger partial charge in [0.25, 0.3) is 0 Å². The van der Waals surface area contributed by atoms with Gasteiger partial charge in [0.15, 0.2) is 5.96 Å². The average Bonchev–Trinajstić information content (AvgIpc) is 2.26. The van der Waals surface area contributed by atoms with Crippen LogP contribution in [0.4, 0.5) is 0 Å². The van der Waals surface area contributed by atoms with Gasteiger partial charge in [-0.3, -0.25) is 4.99 Å². The van der Waals surface area contributed by atoms with Gasteiger partial charge < -0.3 is 20.1 Å². The smallest absolute Gasteiger partial charge is 0.191 e. The summed E-state index contributed by atoms with van der Waals surface area (Å²) in [6.45, 7) is 7.16. The molecule has 0 aromatic carbocycles. The molecule has 0 saturated carbocycles. The molecule has 0 aromatic heterocycles. The van der Waals surface area contributed by atoms with Crippen molar-refractivity contribution in [2.45, 2.75) is 26.4 Å². The molecule has 0 heterocycles. The van der Waals surface area contributed by atoms with E-state index in [1.807, 2.05) is 13.8 Å². The lowest BCUT2D eigenvalue weighted by Gasteiger charge is -2.12. The van der Waals surface area contributed by atoms with E-state index in [4.69, 9.17) is 9.47 Å². The van der Waals surface area contributed by atoms with Gasteiger partial charge in [0.1, 0.15) is 0 Å². The van der Waals surface area contributed by atoms with Crippen molar-refractivity contribution in [3.05, 3.63) is 0 Å². The number of nitrogens with one attached hydrogen (secondary N) is 2. The zero-order chi connectivity index (χ0) is 12.2. The fraction of sp³-hybridized carbons (Fsp3) is 0.909. The molecule has 17 heavy (non-hydrogen) atoms. The second-order valence-electron chi connectivity index (χ2n) is 3.69. The number of aliphatic imine (C=N–C) groups is 1. The Kier molecular flexibility index (Phi) is 15.8. The van der Waals surface area contributed by atoms with Gasteiger partial charge in [-0.15, -0.1) is 24.0 Å². The lowest BCUT2D eigenvalue weighted by molar-refractivity contribution is 0.0776. The summed E-state index contributed by atoms with van der Waals surface area (Å²) in [4.78, 5) is 4.09. The summed E-state index contributed by atoms with van der Waals surface area (Å²) in [5.41, 5.74) is 0. The Labute approximate surface area is 122 Å². The highest BCUT2D eigenvalue weighted by atomic mass is 127. The van der Waals surface area contributed by atoms with E-state index in [0.29, 0.717) is 12.7 Å². The molecule has 0 unspecified atom stereocenters. The first kappa shape index (κ1) is 19.3. The molecule has 6 heteroatoms. The predicted molar refractivity (Wildman–Crippen MR) is 82.4 cm³/mol. The van der Waals surface area contributed by atoms with Gasteiger partial charge in [-0.2, -0.15) is 0 Å².